The first-order valence-corrected chi connectivity index (χ1v) is 9.51. The number of aryl methyl sites for hydroxylation is 1. The third kappa shape index (κ3) is 3.06. The molecule has 0 amide bonds. The van der Waals surface area contributed by atoms with Crippen LogP contribution in [0.2, 0.25) is 0 Å². The van der Waals surface area contributed by atoms with Gasteiger partial charge in [-0.3, -0.25) is 4.98 Å². The minimum atomic E-state index is 0.579. The molecule has 0 aliphatic rings. The van der Waals surface area contributed by atoms with Gasteiger partial charge in [0.25, 0.3) is 0 Å². The van der Waals surface area contributed by atoms with Crippen molar-refractivity contribution in [2.24, 2.45) is 0 Å². The average molecular weight is 381 g/mol. The van der Waals surface area contributed by atoms with Gasteiger partial charge in [-0.05, 0) is 49.2 Å². The van der Waals surface area contributed by atoms with Crippen LogP contribution in [0.1, 0.15) is 11.3 Å². The molecule has 4 aromatic heterocycles. The predicted octanol–water partition coefficient (Wildman–Crippen LogP) is 3.34. The van der Waals surface area contributed by atoms with E-state index in [1.807, 2.05) is 43.5 Å². The minimum absolute atomic E-state index is 0.579. The Bertz CT molecular complexity index is 1040. The lowest BCUT2D eigenvalue weighted by Gasteiger charge is -2.09. The predicted molar refractivity (Wildman–Crippen MR) is 102 cm³/mol. The minimum Gasteiger partial charge on any atom is -0.335 e. The van der Waals surface area contributed by atoms with Gasteiger partial charge in [-0.2, -0.15) is 0 Å². The molecule has 0 saturated carbocycles. The highest BCUT2D eigenvalue weighted by molar-refractivity contribution is 7.99. The van der Waals surface area contributed by atoms with Crippen LogP contribution >= 0.6 is 23.1 Å². The van der Waals surface area contributed by atoms with E-state index in [0.29, 0.717) is 16.8 Å². The summed E-state index contributed by atoms with van der Waals surface area (Å²) < 4.78 is 1.50. The summed E-state index contributed by atoms with van der Waals surface area (Å²) in [7, 11) is 0. The Kier molecular flexibility index (Phi) is 4.39. The van der Waals surface area contributed by atoms with E-state index in [1.54, 1.807) is 23.7 Å². The molecule has 0 unspecified atom stereocenters. The Morgan fingerprint density at radius 2 is 1.88 bits per heavy atom. The van der Waals surface area contributed by atoms with E-state index >= 15 is 0 Å². The number of nitrogens with two attached hydrogens (primary N) is 1. The molecule has 130 valence electrons. The summed E-state index contributed by atoms with van der Waals surface area (Å²) in [4.78, 5) is 14.3. The van der Waals surface area contributed by atoms with Gasteiger partial charge < -0.3 is 5.84 Å². The van der Waals surface area contributed by atoms with E-state index < -0.39 is 0 Å². The smallest absolute Gasteiger partial charge is 0.216 e. The zero-order chi connectivity index (χ0) is 18.1. The van der Waals surface area contributed by atoms with Gasteiger partial charge in [0.15, 0.2) is 11.6 Å². The Labute approximate surface area is 158 Å². The van der Waals surface area contributed by atoms with Gasteiger partial charge in [0.1, 0.15) is 5.03 Å². The monoisotopic (exact) mass is 381 g/mol. The largest absolute Gasteiger partial charge is 0.335 e. The molecular weight excluding hydrogens is 366 g/mol. The Morgan fingerprint density at radius 3 is 2.62 bits per heavy atom. The van der Waals surface area contributed by atoms with Crippen molar-refractivity contribution in [3.63, 3.8) is 0 Å². The lowest BCUT2D eigenvalue weighted by molar-refractivity contribution is 0.845. The SMILES string of the molecule is Cc1nc(-c2ccncc2)nc(Sc2nnc(-c3cccs3)n2N)c1C. The van der Waals surface area contributed by atoms with Gasteiger partial charge in [-0.1, -0.05) is 6.07 Å². The van der Waals surface area contributed by atoms with Gasteiger partial charge >= 0.3 is 0 Å². The molecule has 0 fully saturated rings. The van der Waals surface area contributed by atoms with E-state index in [0.717, 1.165) is 26.7 Å². The summed E-state index contributed by atoms with van der Waals surface area (Å²) in [5, 5.41) is 11.8. The fourth-order valence-electron chi connectivity index (χ4n) is 2.34. The van der Waals surface area contributed by atoms with Gasteiger partial charge in [-0.15, -0.1) is 21.5 Å². The number of aromatic nitrogens is 6. The third-order valence-corrected chi connectivity index (χ3v) is 5.79. The lowest BCUT2D eigenvalue weighted by Crippen LogP contribution is -2.11. The molecule has 4 heterocycles. The van der Waals surface area contributed by atoms with Gasteiger partial charge in [0.05, 0.1) is 4.88 Å². The number of pyridine rings is 1. The summed E-state index contributed by atoms with van der Waals surface area (Å²) in [5.74, 6) is 7.50. The molecule has 2 N–H and O–H groups in total. The topological polar surface area (TPSA) is 95.4 Å². The zero-order valence-corrected chi connectivity index (χ0v) is 15.8. The highest BCUT2D eigenvalue weighted by atomic mass is 32.2. The summed E-state index contributed by atoms with van der Waals surface area (Å²) >= 11 is 2.96. The Hall–Kier alpha value is -2.78. The molecule has 0 bridgehead atoms. The number of hydrogen-bond donors (Lipinski definition) is 1. The van der Waals surface area contributed by atoms with Crippen molar-refractivity contribution < 1.29 is 0 Å². The maximum atomic E-state index is 6.21. The van der Waals surface area contributed by atoms with Crippen molar-refractivity contribution in [2.75, 3.05) is 5.84 Å². The quantitative estimate of drug-likeness (QED) is 0.428. The molecule has 0 aliphatic heterocycles. The van der Waals surface area contributed by atoms with Crippen molar-refractivity contribution in [1.29, 1.82) is 0 Å². The van der Waals surface area contributed by atoms with Crippen LogP contribution < -0.4 is 5.84 Å². The molecular formula is C17H15N7S2. The molecule has 0 radical (unpaired) electrons. The molecule has 7 nitrogen and oxygen atoms in total. The number of nitrogen functional groups attached to an aromatic ring is 1. The fraction of sp³-hybridized carbons (Fsp3) is 0.118. The van der Waals surface area contributed by atoms with E-state index in [9.17, 15) is 0 Å². The zero-order valence-electron chi connectivity index (χ0n) is 14.1. The van der Waals surface area contributed by atoms with Gasteiger partial charge in [0, 0.05) is 29.2 Å². The summed E-state index contributed by atoms with van der Waals surface area (Å²) in [6.45, 7) is 3.96. The van der Waals surface area contributed by atoms with E-state index in [4.69, 9.17) is 10.8 Å². The molecule has 0 atom stereocenters. The van der Waals surface area contributed by atoms with E-state index in [1.165, 1.54) is 16.4 Å². The van der Waals surface area contributed by atoms with Crippen LogP contribution in [0.3, 0.4) is 0 Å². The second-order valence-corrected chi connectivity index (χ2v) is 7.46. The normalized spacial score (nSPS) is 11.0. The molecule has 0 saturated heterocycles. The molecule has 9 heteroatoms. The lowest BCUT2D eigenvalue weighted by atomic mass is 10.2. The van der Waals surface area contributed by atoms with E-state index in [-0.39, 0.29) is 0 Å². The molecule has 0 aliphatic carbocycles. The Morgan fingerprint density at radius 1 is 1.08 bits per heavy atom. The first kappa shape index (κ1) is 16.7. The Balaban J connectivity index is 1.72. The van der Waals surface area contributed by atoms with Crippen molar-refractivity contribution >= 4 is 23.1 Å². The number of thiophene rings is 1. The second kappa shape index (κ2) is 6.85. The van der Waals surface area contributed by atoms with Crippen LogP contribution in [0.15, 0.2) is 52.2 Å². The first-order valence-electron chi connectivity index (χ1n) is 7.81. The van der Waals surface area contributed by atoms with Crippen LogP contribution in [-0.4, -0.2) is 29.8 Å². The third-order valence-electron chi connectivity index (χ3n) is 3.88. The molecule has 0 aromatic carbocycles. The highest BCUT2D eigenvalue weighted by Crippen LogP contribution is 2.32. The number of nitrogens with zero attached hydrogens (tertiary/aromatic N) is 6. The maximum absolute atomic E-state index is 6.21. The molecule has 4 aromatic rings. The number of hydrogen-bond acceptors (Lipinski definition) is 8. The average Bonchev–Trinajstić information content (AvgIpc) is 3.30. The maximum Gasteiger partial charge on any atom is 0.216 e. The van der Waals surface area contributed by atoms with Crippen LogP contribution in [0.5, 0.6) is 0 Å². The summed E-state index contributed by atoms with van der Waals surface area (Å²) in [6.07, 6.45) is 3.45. The van der Waals surface area contributed by atoms with Crippen LogP contribution in [0, 0.1) is 13.8 Å². The van der Waals surface area contributed by atoms with E-state index in [2.05, 4.69) is 20.2 Å². The highest BCUT2D eigenvalue weighted by Gasteiger charge is 2.17. The molecule has 4 rings (SSSR count). The van der Waals surface area contributed by atoms with Crippen LogP contribution in [0.4, 0.5) is 0 Å². The molecule has 0 spiro atoms. The van der Waals surface area contributed by atoms with Crippen molar-refractivity contribution in [2.45, 2.75) is 24.0 Å². The summed E-state index contributed by atoms with van der Waals surface area (Å²) in [5.41, 5.74) is 2.82. The van der Waals surface area contributed by atoms with Crippen LogP contribution in [0.25, 0.3) is 22.1 Å². The van der Waals surface area contributed by atoms with Crippen molar-refractivity contribution in [1.82, 2.24) is 29.8 Å². The summed E-state index contributed by atoms with van der Waals surface area (Å²) in [6, 6.07) is 7.70. The van der Waals surface area contributed by atoms with Crippen molar-refractivity contribution in [3.05, 3.63) is 53.3 Å². The number of rotatable bonds is 4. The molecule has 26 heavy (non-hydrogen) atoms. The second-order valence-electron chi connectivity index (χ2n) is 5.55. The fourth-order valence-corrected chi connectivity index (χ4v) is 3.92. The van der Waals surface area contributed by atoms with Crippen molar-refractivity contribution in [3.8, 4) is 22.1 Å². The first-order chi connectivity index (χ1) is 12.6. The van der Waals surface area contributed by atoms with Gasteiger partial charge in [-0.25, -0.2) is 14.6 Å². The van der Waals surface area contributed by atoms with Gasteiger partial charge in [0.2, 0.25) is 5.16 Å². The van der Waals surface area contributed by atoms with Crippen LogP contribution in [-0.2, 0) is 0 Å². The standard InChI is InChI=1S/C17H15N7S2/c1-10-11(2)20-14(12-5-7-19-8-6-12)21-16(10)26-17-23-22-15(24(17)18)13-4-3-9-25-13/h3-9H,18H2,1-2H3.